The minimum atomic E-state index is -0.241. The summed E-state index contributed by atoms with van der Waals surface area (Å²) >= 11 is 1.44. The molecule has 6 nitrogen and oxygen atoms in total. The molecule has 0 fully saturated rings. The molecule has 0 radical (unpaired) electrons. The van der Waals surface area contributed by atoms with Crippen molar-refractivity contribution in [1.29, 1.82) is 0 Å². The van der Waals surface area contributed by atoms with Crippen LogP contribution in [0.25, 0.3) is 11.4 Å². The van der Waals surface area contributed by atoms with E-state index in [0.717, 1.165) is 28.8 Å². The van der Waals surface area contributed by atoms with Crippen LogP contribution < -0.4 is 5.32 Å². The van der Waals surface area contributed by atoms with Gasteiger partial charge in [-0.2, -0.15) is 0 Å². The molecule has 1 amide bonds. The highest BCUT2D eigenvalue weighted by Gasteiger charge is 2.22. The van der Waals surface area contributed by atoms with Gasteiger partial charge in [-0.05, 0) is 37.6 Å². The van der Waals surface area contributed by atoms with Gasteiger partial charge in [0.1, 0.15) is 0 Å². The van der Waals surface area contributed by atoms with E-state index in [1.165, 1.54) is 11.8 Å². The van der Waals surface area contributed by atoms with Gasteiger partial charge in [-0.3, -0.25) is 9.78 Å². The highest BCUT2D eigenvalue weighted by atomic mass is 32.2. The molecule has 3 aromatic rings. The Hall–Kier alpha value is -2.67. The van der Waals surface area contributed by atoms with Crippen molar-refractivity contribution in [2.45, 2.75) is 37.2 Å². The zero-order chi connectivity index (χ0) is 18.4. The fraction of sp³-hybridized carbons (Fsp3) is 0.263. The Morgan fingerprint density at radius 2 is 1.85 bits per heavy atom. The summed E-state index contributed by atoms with van der Waals surface area (Å²) in [7, 11) is 0. The number of aromatic nitrogens is 4. The lowest BCUT2D eigenvalue weighted by atomic mass is 10.2. The van der Waals surface area contributed by atoms with Crippen molar-refractivity contribution in [2.24, 2.45) is 0 Å². The quantitative estimate of drug-likeness (QED) is 0.642. The van der Waals surface area contributed by atoms with Gasteiger partial charge in [0.2, 0.25) is 5.91 Å². The van der Waals surface area contributed by atoms with Crippen LogP contribution in [0.3, 0.4) is 0 Å². The highest BCUT2D eigenvalue weighted by Crippen LogP contribution is 2.28. The summed E-state index contributed by atoms with van der Waals surface area (Å²) in [5, 5.41) is 12.1. The number of rotatable bonds is 7. The lowest BCUT2D eigenvalue weighted by Crippen LogP contribution is -2.25. The molecule has 0 bridgehead atoms. The number of nitrogens with zero attached hydrogens (tertiary/aromatic N) is 4. The maximum absolute atomic E-state index is 12.6. The predicted octanol–water partition coefficient (Wildman–Crippen LogP) is 3.87. The Morgan fingerprint density at radius 1 is 1.12 bits per heavy atom. The standard InChI is InChI=1S/C19H21N5OS/c1-3-16(18(25)21-15-8-6-5-7-9-15)26-19-23-22-17(24(19)4-2)14-10-12-20-13-11-14/h5-13,16H,3-4H2,1-2H3,(H,21,25)/t16-/m0/s1. The van der Waals surface area contributed by atoms with Crippen molar-refractivity contribution in [3.63, 3.8) is 0 Å². The summed E-state index contributed by atoms with van der Waals surface area (Å²) in [6, 6.07) is 13.3. The van der Waals surface area contributed by atoms with E-state index in [9.17, 15) is 4.79 Å². The highest BCUT2D eigenvalue weighted by molar-refractivity contribution is 8.00. The first kappa shape index (κ1) is 18.1. The second kappa shape index (κ2) is 8.62. The van der Waals surface area contributed by atoms with E-state index in [0.29, 0.717) is 6.42 Å². The number of hydrogen-bond donors (Lipinski definition) is 1. The molecule has 0 aliphatic rings. The van der Waals surface area contributed by atoms with E-state index in [4.69, 9.17) is 0 Å². The zero-order valence-electron chi connectivity index (χ0n) is 14.8. The van der Waals surface area contributed by atoms with Gasteiger partial charge >= 0.3 is 0 Å². The lowest BCUT2D eigenvalue weighted by Gasteiger charge is -2.15. The third-order valence-corrected chi connectivity index (χ3v) is 5.27. The van der Waals surface area contributed by atoms with Crippen molar-refractivity contribution in [3.05, 3.63) is 54.9 Å². The first-order chi connectivity index (χ1) is 12.7. The van der Waals surface area contributed by atoms with Crippen LogP contribution in [0.15, 0.2) is 60.0 Å². The summed E-state index contributed by atoms with van der Waals surface area (Å²) in [5.74, 6) is 0.760. The topological polar surface area (TPSA) is 72.7 Å². The van der Waals surface area contributed by atoms with E-state index in [1.54, 1.807) is 12.4 Å². The molecule has 1 atom stereocenters. The van der Waals surface area contributed by atoms with Crippen LogP contribution in [0, 0.1) is 0 Å². The van der Waals surface area contributed by atoms with Crippen LogP contribution in [0.4, 0.5) is 5.69 Å². The van der Waals surface area contributed by atoms with Gasteiger partial charge in [-0.25, -0.2) is 0 Å². The van der Waals surface area contributed by atoms with Gasteiger partial charge < -0.3 is 9.88 Å². The van der Waals surface area contributed by atoms with E-state index < -0.39 is 0 Å². The maximum atomic E-state index is 12.6. The molecule has 0 aliphatic carbocycles. The largest absolute Gasteiger partial charge is 0.325 e. The first-order valence-electron chi connectivity index (χ1n) is 8.59. The molecule has 26 heavy (non-hydrogen) atoms. The van der Waals surface area contributed by atoms with E-state index in [1.807, 2.05) is 60.9 Å². The Morgan fingerprint density at radius 3 is 2.50 bits per heavy atom. The van der Waals surface area contributed by atoms with Crippen LogP contribution in [0.1, 0.15) is 20.3 Å². The van der Waals surface area contributed by atoms with Gasteiger partial charge in [0.05, 0.1) is 5.25 Å². The lowest BCUT2D eigenvalue weighted by molar-refractivity contribution is -0.115. The number of benzene rings is 1. The van der Waals surface area contributed by atoms with Crippen LogP contribution in [0.5, 0.6) is 0 Å². The molecular weight excluding hydrogens is 346 g/mol. The fourth-order valence-electron chi connectivity index (χ4n) is 2.57. The van der Waals surface area contributed by atoms with Gasteiger partial charge in [0.15, 0.2) is 11.0 Å². The molecule has 0 saturated carbocycles. The number of thioether (sulfide) groups is 1. The van der Waals surface area contributed by atoms with Crippen LogP contribution in [-0.4, -0.2) is 30.9 Å². The molecule has 0 aliphatic heterocycles. The third kappa shape index (κ3) is 4.11. The van der Waals surface area contributed by atoms with Crippen LogP contribution >= 0.6 is 11.8 Å². The van der Waals surface area contributed by atoms with Crippen molar-refractivity contribution in [2.75, 3.05) is 5.32 Å². The van der Waals surface area contributed by atoms with Crippen LogP contribution in [-0.2, 0) is 11.3 Å². The van der Waals surface area contributed by atoms with Crippen molar-refractivity contribution >= 4 is 23.4 Å². The molecule has 2 heterocycles. The Labute approximate surface area is 157 Å². The van der Waals surface area contributed by atoms with Gasteiger partial charge in [-0.1, -0.05) is 36.9 Å². The average molecular weight is 367 g/mol. The first-order valence-corrected chi connectivity index (χ1v) is 9.47. The maximum Gasteiger partial charge on any atom is 0.237 e. The number of hydrogen-bond acceptors (Lipinski definition) is 5. The van der Waals surface area contributed by atoms with Crippen LogP contribution in [0.2, 0.25) is 0 Å². The van der Waals surface area contributed by atoms with E-state index >= 15 is 0 Å². The van der Waals surface area contributed by atoms with E-state index in [2.05, 4.69) is 20.5 Å². The fourth-order valence-corrected chi connectivity index (χ4v) is 3.59. The monoisotopic (exact) mass is 367 g/mol. The minimum Gasteiger partial charge on any atom is -0.325 e. The smallest absolute Gasteiger partial charge is 0.237 e. The predicted molar refractivity (Wildman–Crippen MR) is 104 cm³/mol. The van der Waals surface area contributed by atoms with Crippen molar-refractivity contribution < 1.29 is 4.79 Å². The molecule has 134 valence electrons. The SMILES string of the molecule is CC[C@H](Sc1nnc(-c2ccncc2)n1CC)C(=O)Nc1ccccc1. The van der Waals surface area contributed by atoms with Gasteiger partial charge in [-0.15, -0.1) is 10.2 Å². The second-order valence-electron chi connectivity index (χ2n) is 5.66. The molecule has 3 rings (SSSR count). The summed E-state index contributed by atoms with van der Waals surface area (Å²) in [6.07, 6.45) is 4.17. The Kier molecular flexibility index (Phi) is 6.01. The van der Waals surface area contributed by atoms with Gasteiger partial charge in [0, 0.05) is 30.2 Å². The number of pyridine rings is 1. The summed E-state index contributed by atoms with van der Waals surface area (Å²) in [4.78, 5) is 16.7. The molecule has 1 N–H and O–H groups in total. The molecule has 0 saturated heterocycles. The summed E-state index contributed by atoms with van der Waals surface area (Å²) < 4.78 is 2.03. The third-order valence-electron chi connectivity index (χ3n) is 3.92. The molecule has 2 aromatic heterocycles. The summed E-state index contributed by atoms with van der Waals surface area (Å²) in [6.45, 7) is 4.77. The number of nitrogens with one attached hydrogen (secondary N) is 1. The molecule has 1 aromatic carbocycles. The van der Waals surface area contributed by atoms with Crippen molar-refractivity contribution in [3.8, 4) is 11.4 Å². The second-order valence-corrected chi connectivity index (χ2v) is 6.83. The Balaban J connectivity index is 1.78. The van der Waals surface area contributed by atoms with Crippen molar-refractivity contribution in [1.82, 2.24) is 19.7 Å². The number of anilines is 1. The number of carbonyl (C=O) groups is 1. The summed E-state index contributed by atoms with van der Waals surface area (Å²) in [5.41, 5.74) is 1.76. The Bertz CT molecular complexity index is 851. The zero-order valence-corrected chi connectivity index (χ0v) is 15.6. The normalized spacial score (nSPS) is 11.9. The number of para-hydroxylation sites is 1. The number of carbonyl (C=O) groups excluding carboxylic acids is 1. The average Bonchev–Trinajstić information content (AvgIpc) is 3.10. The minimum absolute atomic E-state index is 0.0279. The molecular formula is C19H21N5OS. The van der Waals surface area contributed by atoms with E-state index in [-0.39, 0.29) is 11.2 Å². The molecule has 0 spiro atoms. The molecule has 0 unspecified atom stereocenters. The number of amides is 1. The molecule has 7 heteroatoms. The van der Waals surface area contributed by atoms with Gasteiger partial charge in [0.25, 0.3) is 0 Å².